The van der Waals surface area contributed by atoms with Crippen LogP contribution in [0.3, 0.4) is 0 Å². The van der Waals surface area contributed by atoms with Crippen molar-refractivity contribution < 1.29 is 9.50 Å². The van der Waals surface area contributed by atoms with Gasteiger partial charge >= 0.3 is 0 Å². The molecule has 0 saturated carbocycles. The zero-order chi connectivity index (χ0) is 12.4. The summed E-state index contributed by atoms with van der Waals surface area (Å²) in [5.74, 6) is -0.301. The van der Waals surface area contributed by atoms with Gasteiger partial charge in [0.05, 0.1) is 11.6 Å². The Hall–Kier alpha value is -2.34. The molecule has 0 saturated heterocycles. The van der Waals surface area contributed by atoms with Crippen molar-refractivity contribution in [1.29, 1.82) is 5.26 Å². The van der Waals surface area contributed by atoms with Crippen LogP contribution in [-0.2, 0) is 0 Å². The molecule has 0 fully saturated rings. The first-order valence-corrected chi connectivity index (χ1v) is 5.11. The van der Waals surface area contributed by atoms with E-state index in [2.05, 4.69) is 0 Å². The first-order valence-electron chi connectivity index (χ1n) is 5.11. The largest absolute Gasteiger partial charge is 0.508 e. The lowest BCUT2D eigenvalue weighted by Crippen LogP contribution is -1.85. The van der Waals surface area contributed by atoms with E-state index in [0.29, 0.717) is 22.3 Å². The molecule has 2 nitrogen and oxygen atoms in total. The average Bonchev–Trinajstić information content (AvgIpc) is 2.32. The SMILES string of the molecule is Cc1ccc(-c2cc(O)cc(C#N)c2)cc1F. The van der Waals surface area contributed by atoms with Gasteiger partial charge in [-0.15, -0.1) is 0 Å². The fourth-order valence-corrected chi connectivity index (χ4v) is 1.61. The maximum absolute atomic E-state index is 13.4. The maximum Gasteiger partial charge on any atom is 0.126 e. The monoisotopic (exact) mass is 227 g/mol. The van der Waals surface area contributed by atoms with Gasteiger partial charge in [-0.2, -0.15) is 5.26 Å². The third kappa shape index (κ3) is 2.26. The normalized spacial score (nSPS) is 9.94. The second-order valence-electron chi connectivity index (χ2n) is 3.84. The van der Waals surface area contributed by atoms with E-state index in [9.17, 15) is 9.50 Å². The van der Waals surface area contributed by atoms with E-state index in [1.165, 1.54) is 18.2 Å². The van der Waals surface area contributed by atoms with Crippen LogP contribution in [-0.4, -0.2) is 5.11 Å². The molecule has 0 unspecified atom stereocenters. The molecule has 17 heavy (non-hydrogen) atoms. The third-order valence-electron chi connectivity index (χ3n) is 2.55. The number of benzene rings is 2. The summed E-state index contributed by atoms with van der Waals surface area (Å²) >= 11 is 0. The van der Waals surface area contributed by atoms with Gasteiger partial charge < -0.3 is 5.11 Å². The van der Waals surface area contributed by atoms with Crippen LogP contribution in [0.4, 0.5) is 4.39 Å². The Bertz CT molecular complexity index is 614. The number of halogens is 1. The van der Waals surface area contributed by atoms with Gasteiger partial charge in [0.2, 0.25) is 0 Å². The number of phenols is 1. The van der Waals surface area contributed by atoms with Crippen molar-refractivity contribution in [2.75, 3.05) is 0 Å². The van der Waals surface area contributed by atoms with Crippen LogP contribution in [0.2, 0.25) is 0 Å². The molecule has 0 aromatic heterocycles. The van der Waals surface area contributed by atoms with Gasteiger partial charge in [0.25, 0.3) is 0 Å². The molecule has 84 valence electrons. The molecule has 2 aromatic rings. The molecule has 0 aliphatic heterocycles. The van der Waals surface area contributed by atoms with Gasteiger partial charge in [0.1, 0.15) is 11.6 Å². The molecule has 0 atom stereocenters. The van der Waals surface area contributed by atoms with Crippen molar-refractivity contribution in [2.24, 2.45) is 0 Å². The van der Waals surface area contributed by atoms with Crippen molar-refractivity contribution >= 4 is 0 Å². The van der Waals surface area contributed by atoms with Crippen LogP contribution in [0.5, 0.6) is 5.75 Å². The molecule has 3 heteroatoms. The minimum atomic E-state index is -0.302. The molecule has 2 rings (SSSR count). The van der Waals surface area contributed by atoms with Gasteiger partial charge in [-0.05, 0) is 47.9 Å². The van der Waals surface area contributed by atoms with E-state index in [0.717, 1.165) is 0 Å². The van der Waals surface area contributed by atoms with E-state index >= 15 is 0 Å². The number of aromatic hydroxyl groups is 1. The summed E-state index contributed by atoms with van der Waals surface area (Å²) in [4.78, 5) is 0. The molecule has 0 aliphatic rings. The Morgan fingerprint density at radius 2 is 1.88 bits per heavy atom. The molecule has 0 aliphatic carbocycles. The molecule has 0 spiro atoms. The first-order chi connectivity index (χ1) is 8.10. The number of phenolic OH excluding ortho intramolecular Hbond substituents is 1. The fraction of sp³-hybridized carbons (Fsp3) is 0.0714. The Morgan fingerprint density at radius 1 is 1.12 bits per heavy atom. The van der Waals surface area contributed by atoms with Gasteiger partial charge in [-0.1, -0.05) is 12.1 Å². The average molecular weight is 227 g/mol. The highest BCUT2D eigenvalue weighted by Crippen LogP contribution is 2.26. The minimum Gasteiger partial charge on any atom is -0.508 e. The minimum absolute atomic E-state index is 0.0000307. The van der Waals surface area contributed by atoms with Crippen LogP contribution in [0.1, 0.15) is 11.1 Å². The van der Waals surface area contributed by atoms with E-state index in [4.69, 9.17) is 5.26 Å². The predicted molar refractivity (Wildman–Crippen MR) is 63.0 cm³/mol. The second kappa shape index (κ2) is 4.26. The molecule has 2 aromatic carbocycles. The van der Waals surface area contributed by atoms with Crippen LogP contribution < -0.4 is 0 Å². The van der Waals surface area contributed by atoms with Gasteiger partial charge in [0, 0.05) is 0 Å². The highest BCUT2D eigenvalue weighted by atomic mass is 19.1. The van der Waals surface area contributed by atoms with Crippen molar-refractivity contribution in [2.45, 2.75) is 6.92 Å². The van der Waals surface area contributed by atoms with E-state index in [1.807, 2.05) is 6.07 Å². The second-order valence-corrected chi connectivity index (χ2v) is 3.84. The lowest BCUT2D eigenvalue weighted by atomic mass is 10.0. The molecule has 1 N–H and O–H groups in total. The lowest BCUT2D eigenvalue weighted by Gasteiger charge is -2.05. The molecule has 0 radical (unpaired) electrons. The number of aryl methyl sites for hydroxylation is 1. The Morgan fingerprint density at radius 3 is 2.53 bits per heavy atom. The topological polar surface area (TPSA) is 44.0 Å². The highest BCUT2D eigenvalue weighted by molar-refractivity contribution is 5.67. The fourth-order valence-electron chi connectivity index (χ4n) is 1.61. The molecule has 0 amide bonds. The quantitative estimate of drug-likeness (QED) is 0.811. The smallest absolute Gasteiger partial charge is 0.126 e. The van der Waals surface area contributed by atoms with Crippen molar-refractivity contribution in [3.63, 3.8) is 0 Å². The molecular formula is C14H10FNO. The van der Waals surface area contributed by atoms with E-state index in [1.54, 1.807) is 25.1 Å². The van der Waals surface area contributed by atoms with Crippen LogP contribution in [0.15, 0.2) is 36.4 Å². The van der Waals surface area contributed by atoms with Crippen molar-refractivity contribution in [1.82, 2.24) is 0 Å². The number of hydrogen-bond donors (Lipinski definition) is 1. The van der Waals surface area contributed by atoms with Crippen LogP contribution in [0.25, 0.3) is 11.1 Å². The van der Waals surface area contributed by atoms with Gasteiger partial charge in [-0.25, -0.2) is 4.39 Å². The summed E-state index contributed by atoms with van der Waals surface area (Å²) in [5, 5.41) is 18.3. The zero-order valence-corrected chi connectivity index (χ0v) is 9.24. The first kappa shape index (κ1) is 11.2. The zero-order valence-electron chi connectivity index (χ0n) is 9.24. The molecular weight excluding hydrogens is 217 g/mol. The summed E-state index contributed by atoms with van der Waals surface area (Å²) in [6.45, 7) is 1.68. The summed E-state index contributed by atoms with van der Waals surface area (Å²) in [6.07, 6.45) is 0. The molecule has 0 bridgehead atoms. The summed E-state index contributed by atoms with van der Waals surface area (Å²) < 4.78 is 13.4. The van der Waals surface area contributed by atoms with Crippen LogP contribution in [0, 0.1) is 24.1 Å². The Balaban J connectivity index is 2.56. The number of hydrogen-bond acceptors (Lipinski definition) is 2. The van der Waals surface area contributed by atoms with Gasteiger partial charge in [-0.3, -0.25) is 0 Å². The summed E-state index contributed by atoms with van der Waals surface area (Å²) in [7, 11) is 0. The van der Waals surface area contributed by atoms with Crippen molar-refractivity contribution in [3.05, 3.63) is 53.3 Å². The number of nitrogens with zero attached hydrogens (tertiary/aromatic N) is 1. The predicted octanol–water partition coefficient (Wildman–Crippen LogP) is 3.38. The molecule has 0 heterocycles. The summed E-state index contributed by atoms with van der Waals surface area (Å²) in [5.41, 5.74) is 2.18. The summed E-state index contributed by atoms with van der Waals surface area (Å²) in [6, 6.07) is 11.3. The number of rotatable bonds is 1. The standard InChI is InChI=1S/C14H10FNO/c1-9-2-3-11(7-14(9)15)12-4-10(8-16)5-13(17)6-12/h2-7,17H,1H3. The van der Waals surface area contributed by atoms with Crippen molar-refractivity contribution in [3.8, 4) is 22.9 Å². The Labute approximate surface area is 98.6 Å². The highest BCUT2D eigenvalue weighted by Gasteiger charge is 2.05. The number of nitriles is 1. The van der Waals surface area contributed by atoms with Crippen LogP contribution >= 0.6 is 0 Å². The lowest BCUT2D eigenvalue weighted by molar-refractivity contribution is 0.475. The van der Waals surface area contributed by atoms with E-state index < -0.39 is 0 Å². The van der Waals surface area contributed by atoms with Gasteiger partial charge in [0.15, 0.2) is 0 Å². The Kier molecular flexibility index (Phi) is 2.80. The maximum atomic E-state index is 13.4. The van der Waals surface area contributed by atoms with E-state index in [-0.39, 0.29) is 11.6 Å². The third-order valence-corrected chi connectivity index (χ3v) is 2.55.